The van der Waals surface area contributed by atoms with E-state index in [4.69, 9.17) is 9.05 Å². The highest BCUT2D eigenvalue weighted by Gasteiger charge is 2.23. The molecular weight excluding hydrogens is 1080 g/mol. The molecule has 0 saturated carbocycles. The Morgan fingerprint density at radius 1 is 0.419 bits per heavy atom. The van der Waals surface area contributed by atoms with E-state index < -0.39 is 26.6 Å². The highest BCUT2D eigenvalue weighted by molar-refractivity contribution is 7.45. The van der Waals surface area contributed by atoms with Gasteiger partial charge in [0.25, 0.3) is 7.82 Å². The van der Waals surface area contributed by atoms with E-state index in [0.717, 1.165) is 96.3 Å². The number of phosphoric acid groups is 1. The molecule has 0 spiro atoms. The maximum Gasteiger partial charge on any atom is 0.268 e. The second kappa shape index (κ2) is 66.1. The van der Waals surface area contributed by atoms with Crippen molar-refractivity contribution in [2.24, 2.45) is 0 Å². The van der Waals surface area contributed by atoms with Crippen LogP contribution < -0.4 is 10.2 Å². The molecule has 0 heterocycles. The number of nitrogens with one attached hydrogen (secondary N) is 1. The summed E-state index contributed by atoms with van der Waals surface area (Å²) in [6.07, 6.45) is 100. The molecule has 0 rings (SSSR count). The van der Waals surface area contributed by atoms with Crippen LogP contribution in [0.3, 0.4) is 0 Å². The molecule has 0 aromatic rings. The van der Waals surface area contributed by atoms with Crippen molar-refractivity contribution in [3.8, 4) is 0 Å². The molecule has 0 aliphatic rings. The van der Waals surface area contributed by atoms with Gasteiger partial charge >= 0.3 is 0 Å². The number of unbranched alkanes of at least 4 members (excludes halogenated alkanes) is 31. The van der Waals surface area contributed by atoms with Crippen LogP contribution in [-0.4, -0.2) is 68.5 Å². The first-order valence-electron chi connectivity index (χ1n) is 35.5. The summed E-state index contributed by atoms with van der Waals surface area (Å²) < 4.78 is 23.4. The Kier molecular flexibility index (Phi) is 63.5. The third kappa shape index (κ3) is 68.1. The highest BCUT2D eigenvalue weighted by Crippen LogP contribution is 2.38. The number of amides is 1. The Labute approximate surface area is 532 Å². The number of nitrogens with zero attached hydrogens (tertiary/aromatic N) is 1. The van der Waals surface area contributed by atoms with Gasteiger partial charge in [-0.25, -0.2) is 0 Å². The molecule has 0 saturated heterocycles. The number of quaternary nitrogens is 1. The molecule has 86 heavy (non-hydrogen) atoms. The quantitative estimate of drug-likeness (QED) is 0.0272. The lowest BCUT2D eigenvalue weighted by Gasteiger charge is -2.29. The minimum atomic E-state index is -4.62. The van der Waals surface area contributed by atoms with Gasteiger partial charge in [-0.15, -0.1) is 0 Å². The molecular formula is C77H135N2O6P. The number of rotatable bonds is 64. The van der Waals surface area contributed by atoms with Crippen molar-refractivity contribution >= 4 is 13.7 Å². The molecule has 0 fully saturated rings. The van der Waals surface area contributed by atoms with Crippen LogP contribution >= 0.6 is 7.82 Å². The summed E-state index contributed by atoms with van der Waals surface area (Å²) in [5.41, 5.74) is 0. The van der Waals surface area contributed by atoms with E-state index in [9.17, 15) is 19.4 Å². The first kappa shape index (κ1) is 82.6. The molecule has 0 aromatic heterocycles. The first-order chi connectivity index (χ1) is 42.0. The summed E-state index contributed by atoms with van der Waals surface area (Å²) in [5.74, 6) is -0.213. The van der Waals surface area contributed by atoms with Crippen molar-refractivity contribution in [3.63, 3.8) is 0 Å². The number of likely N-dealkylation sites (N-methyl/N-ethyl adjacent to an activating group) is 1. The van der Waals surface area contributed by atoms with Gasteiger partial charge in [-0.1, -0.05) is 314 Å². The molecule has 9 heteroatoms. The lowest BCUT2D eigenvalue weighted by atomic mass is 10.0. The van der Waals surface area contributed by atoms with Gasteiger partial charge in [0.1, 0.15) is 13.2 Å². The predicted molar refractivity (Wildman–Crippen MR) is 375 cm³/mol. The number of aliphatic hydroxyl groups excluding tert-OH is 1. The summed E-state index contributed by atoms with van der Waals surface area (Å²) in [4.78, 5) is 25.6. The van der Waals surface area contributed by atoms with Crippen molar-refractivity contribution in [1.82, 2.24) is 5.32 Å². The Balaban J connectivity index is 4.08. The molecule has 3 atom stereocenters. The summed E-state index contributed by atoms with van der Waals surface area (Å²) in [6.45, 7) is 4.52. The second-order valence-corrected chi connectivity index (χ2v) is 26.2. The minimum Gasteiger partial charge on any atom is -0.756 e. The van der Waals surface area contributed by atoms with Crippen molar-refractivity contribution in [2.45, 2.75) is 309 Å². The lowest BCUT2D eigenvalue weighted by Crippen LogP contribution is -2.45. The van der Waals surface area contributed by atoms with Gasteiger partial charge in [-0.05, 0) is 109 Å². The second-order valence-electron chi connectivity index (χ2n) is 24.8. The smallest absolute Gasteiger partial charge is 0.268 e. The molecule has 0 aliphatic carbocycles. The molecule has 8 nitrogen and oxygen atoms in total. The van der Waals surface area contributed by atoms with Crippen LogP contribution in [0, 0.1) is 0 Å². The van der Waals surface area contributed by atoms with Crippen LogP contribution in [0.1, 0.15) is 296 Å². The van der Waals surface area contributed by atoms with Crippen LogP contribution in [0.4, 0.5) is 0 Å². The monoisotopic (exact) mass is 1220 g/mol. The third-order valence-electron chi connectivity index (χ3n) is 15.3. The maximum absolute atomic E-state index is 13.0. The van der Waals surface area contributed by atoms with Crippen molar-refractivity contribution in [3.05, 3.63) is 134 Å². The number of carbonyl (C=O) groups is 1. The van der Waals surface area contributed by atoms with E-state index >= 15 is 0 Å². The molecule has 0 aromatic carbocycles. The molecule has 0 aliphatic heterocycles. The fourth-order valence-electron chi connectivity index (χ4n) is 9.85. The Bertz CT molecular complexity index is 1870. The zero-order valence-electron chi connectivity index (χ0n) is 56.5. The third-order valence-corrected chi connectivity index (χ3v) is 16.3. The Morgan fingerprint density at radius 2 is 0.721 bits per heavy atom. The largest absolute Gasteiger partial charge is 0.756 e. The molecule has 1 amide bonds. The fraction of sp³-hybridized carbons (Fsp3) is 0.701. The van der Waals surface area contributed by atoms with Gasteiger partial charge in [-0.3, -0.25) is 9.36 Å². The van der Waals surface area contributed by atoms with Crippen LogP contribution in [0.5, 0.6) is 0 Å². The van der Waals surface area contributed by atoms with Crippen LogP contribution in [-0.2, 0) is 18.4 Å². The van der Waals surface area contributed by atoms with Gasteiger partial charge in [0.2, 0.25) is 5.91 Å². The van der Waals surface area contributed by atoms with E-state index in [2.05, 4.69) is 141 Å². The normalized spacial score (nSPS) is 14.5. The number of hydrogen-bond donors (Lipinski definition) is 2. The number of hydrogen-bond acceptors (Lipinski definition) is 6. The standard InChI is InChI=1S/C77H135N2O6P/c1-6-8-10-12-14-16-18-20-22-24-26-28-30-31-32-33-34-35-36-37-38-39-40-41-42-43-44-45-46-47-49-51-53-55-57-59-61-63-65-67-69-71-77(81)78-75(74-85-86(82,83)84-73-72-79(3,4)5)76(80)70-68-66-64-62-60-58-56-54-52-50-48-29-27-25-23-21-19-17-15-13-11-9-7-2/h8,10,14,16,20,22,26,28,31-32,34-35,37-38,40-41,52,54,60,62,68,70,75-76,80H,6-7,9,11-13,15,17-19,21,23-25,27,29-30,33,36,39,42-51,53,55-59,61,63-67,69,71-74H2,1-5H3,(H-,78,81,82,83)/b10-8-,16-14-,22-20-,28-26-,32-31-,35-34-,38-37-,41-40-,54-52+,62-60+,70-68+. The molecule has 0 bridgehead atoms. The Morgan fingerprint density at radius 3 is 1.08 bits per heavy atom. The van der Waals surface area contributed by atoms with Gasteiger partial charge in [0.15, 0.2) is 0 Å². The molecule has 0 radical (unpaired) electrons. The number of phosphoric ester groups is 1. The van der Waals surface area contributed by atoms with E-state index in [1.54, 1.807) is 6.08 Å². The van der Waals surface area contributed by atoms with Crippen molar-refractivity contribution < 1.29 is 32.9 Å². The van der Waals surface area contributed by atoms with Crippen LogP contribution in [0.15, 0.2) is 134 Å². The predicted octanol–water partition coefficient (Wildman–Crippen LogP) is 22.4. The summed E-state index contributed by atoms with van der Waals surface area (Å²) in [6, 6.07) is -0.918. The average molecular weight is 1220 g/mol. The fourth-order valence-corrected chi connectivity index (χ4v) is 10.6. The molecule has 494 valence electrons. The number of carbonyl (C=O) groups excluding carboxylic acids is 1. The van der Waals surface area contributed by atoms with Crippen molar-refractivity contribution in [1.29, 1.82) is 0 Å². The topological polar surface area (TPSA) is 108 Å². The van der Waals surface area contributed by atoms with E-state index in [1.807, 2.05) is 27.2 Å². The van der Waals surface area contributed by atoms with Crippen LogP contribution in [0.2, 0.25) is 0 Å². The van der Waals surface area contributed by atoms with Gasteiger partial charge in [0, 0.05) is 6.42 Å². The summed E-state index contributed by atoms with van der Waals surface area (Å²) in [5, 5.41) is 13.9. The average Bonchev–Trinajstić information content (AvgIpc) is 3.70. The van der Waals surface area contributed by atoms with E-state index in [0.29, 0.717) is 17.4 Å². The van der Waals surface area contributed by atoms with Crippen LogP contribution in [0.25, 0.3) is 0 Å². The maximum atomic E-state index is 13.0. The zero-order valence-corrected chi connectivity index (χ0v) is 57.4. The summed E-state index contributed by atoms with van der Waals surface area (Å²) in [7, 11) is 1.23. The van der Waals surface area contributed by atoms with E-state index in [1.165, 1.54) is 180 Å². The zero-order chi connectivity index (χ0) is 62.6. The van der Waals surface area contributed by atoms with Crippen molar-refractivity contribution in [2.75, 3.05) is 40.9 Å². The van der Waals surface area contributed by atoms with Gasteiger partial charge < -0.3 is 28.8 Å². The van der Waals surface area contributed by atoms with Gasteiger partial charge in [-0.2, -0.15) is 0 Å². The number of allylic oxidation sites excluding steroid dienone is 21. The Hall–Kier alpha value is -3.36. The lowest BCUT2D eigenvalue weighted by molar-refractivity contribution is -0.870. The minimum absolute atomic E-state index is 0.0132. The van der Waals surface area contributed by atoms with Gasteiger partial charge in [0.05, 0.1) is 39.9 Å². The highest BCUT2D eigenvalue weighted by atomic mass is 31.2. The molecule has 2 N–H and O–H groups in total. The number of aliphatic hydroxyl groups is 1. The molecule has 3 unspecified atom stereocenters. The summed E-state index contributed by atoms with van der Waals surface area (Å²) >= 11 is 0. The SMILES string of the molecule is CC/C=C\C/C=C\C/C=C\C/C=C\C/C=C\C/C=C\C/C=C\C/C=C\CCCCCCCCCCCCCCCCCCC(=O)NC(COP(=O)([O-])OCC[N+](C)(C)C)C(O)/C=C/CC/C=C/CC/C=C/CCCCCCCCCCCCCCC. The van der Waals surface area contributed by atoms with E-state index in [-0.39, 0.29) is 12.5 Å². The first-order valence-corrected chi connectivity index (χ1v) is 37.0.